The summed E-state index contributed by atoms with van der Waals surface area (Å²) in [5.41, 5.74) is 2.47. The first-order valence-electron chi connectivity index (χ1n) is 7.45. The fourth-order valence-electron chi connectivity index (χ4n) is 1.93. The third-order valence-electron chi connectivity index (χ3n) is 3.05. The van der Waals surface area contributed by atoms with Gasteiger partial charge < -0.3 is 23.7 Å². The minimum absolute atomic E-state index is 0.334. The molecule has 0 atom stereocenters. The van der Waals surface area contributed by atoms with Gasteiger partial charge in [-0.05, 0) is 18.2 Å². The van der Waals surface area contributed by atoms with Crippen molar-refractivity contribution in [2.45, 2.75) is 0 Å². The van der Waals surface area contributed by atoms with Crippen LogP contribution in [0.15, 0.2) is 18.2 Å². The Kier molecular flexibility index (Phi) is 7.61. The zero-order chi connectivity index (χ0) is 16.3. The maximum Gasteiger partial charge on any atom is 0.265 e. The van der Waals surface area contributed by atoms with Crippen molar-refractivity contribution >= 4 is 5.91 Å². The van der Waals surface area contributed by atoms with Crippen molar-refractivity contribution in [3.63, 3.8) is 0 Å². The zero-order valence-electron chi connectivity index (χ0n) is 12.9. The van der Waals surface area contributed by atoms with E-state index in [0.717, 1.165) is 0 Å². The zero-order valence-corrected chi connectivity index (χ0v) is 12.9. The summed E-state index contributed by atoms with van der Waals surface area (Å²) < 4.78 is 27.4. The summed E-state index contributed by atoms with van der Waals surface area (Å²) in [7, 11) is 0. The van der Waals surface area contributed by atoms with Crippen LogP contribution in [0.2, 0.25) is 0 Å². The molecule has 3 N–H and O–H groups in total. The van der Waals surface area contributed by atoms with Crippen molar-refractivity contribution < 1.29 is 28.5 Å². The summed E-state index contributed by atoms with van der Waals surface area (Å²) in [6.45, 7) is 3.57. The highest BCUT2D eigenvalue weighted by Gasteiger charge is 2.11. The van der Waals surface area contributed by atoms with Gasteiger partial charge in [0.15, 0.2) is 11.5 Å². The van der Waals surface area contributed by atoms with Crippen LogP contribution in [-0.2, 0) is 14.2 Å². The molecular formula is C15H22N2O6. The Labute approximate surface area is 134 Å². The Morgan fingerprint density at radius 2 is 1.35 bits per heavy atom. The standard InChI is InChI=1S/C15H22N2O6/c16-17-15(18)12-1-2-13-14(11-12)23-10-8-21-6-4-19-3-5-20-7-9-22-13/h1-2,11H,3-10,16H2,(H,17,18). The summed E-state index contributed by atoms with van der Waals surface area (Å²) >= 11 is 0. The molecule has 1 heterocycles. The van der Waals surface area contributed by atoms with Crippen LogP contribution >= 0.6 is 0 Å². The Balaban J connectivity index is 2.04. The van der Waals surface area contributed by atoms with E-state index in [1.165, 1.54) is 0 Å². The molecule has 1 amide bonds. The van der Waals surface area contributed by atoms with E-state index < -0.39 is 5.91 Å². The van der Waals surface area contributed by atoms with Gasteiger partial charge in [0.05, 0.1) is 39.6 Å². The molecule has 1 aromatic carbocycles. The van der Waals surface area contributed by atoms with Gasteiger partial charge in [0, 0.05) is 5.56 Å². The van der Waals surface area contributed by atoms with Crippen molar-refractivity contribution in [2.24, 2.45) is 5.84 Å². The second kappa shape index (κ2) is 10.0. The van der Waals surface area contributed by atoms with Gasteiger partial charge in [-0.15, -0.1) is 0 Å². The number of amides is 1. The summed E-state index contributed by atoms with van der Waals surface area (Å²) in [4.78, 5) is 11.6. The van der Waals surface area contributed by atoms with E-state index in [1.54, 1.807) is 18.2 Å². The minimum atomic E-state index is -0.399. The van der Waals surface area contributed by atoms with Crippen molar-refractivity contribution in [1.29, 1.82) is 0 Å². The van der Waals surface area contributed by atoms with E-state index in [1.807, 2.05) is 0 Å². The predicted molar refractivity (Wildman–Crippen MR) is 81.5 cm³/mol. The van der Waals surface area contributed by atoms with Gasteiger partial charge in [0.25, 0.3) is 5.91 Å². The maximum atomic E-state index is 11.6. The highest BCUT2D eigenvalue weighted by Crippen LogP contribution is 2.28. The third-order valence-corrected chi connectivity index (χ3v) is 3.05. The van der Waals surface area contributed by atoms with Crippen molar-refractivity contribution in [3.8, 4) is 11.5 Å². The summed E-state index contributed by atoms with van der Waals surface area (Å²) in [6.07, 6.45) is 0. The minimum Gasteiger partial charge on any atom is -0.487 e. The summed E-state index contributed by atoms with van der Waals surface area (Å²) in [5.74, 6) is 5.74. The number of fused-ring (bicyclic) bond motifs is 1. The number of nitrogens with two attached hydrogens (primary N) is 1. The fourth-order valence-corrected chi connectivity index (χ4v) is 1.93. The molecule has 0 spiro atoms. The van der Waals surface area contributed by atoms with Gasteiger partial charge in [-0.25, -0.2) is 5.84 Å². The van der Waals surface area contributed by atoms with Gasteiger partial charge in [0.1, 0.15) is 13.2 Å². The van der Waals surface area contributed by atoms with Gasteiger partial charge >= 0.3 is 0 Å². The van der Waals surface area contributed by atoms with Gasteiger partial charge in [-0.1, -0.05) is 0 Å². The van der Waals surface area contributed by atoms with E-state index >= 15 is 0 Å². The van der Waals surface area contributed by atoms with Crippen molar-refractivity contribution in [1.82, 2.24) is 5.43 Å². The first-order chi connectivity index (χ1) is 11.3. The number of hydrogen-bond acceptors (Lipinski definition) is 7. The number of carbonyl (C=O) groups excluding carboxylic acids is 1. The lowest BCUT2D eigenvalue weighted by molar-refractivity contribution is 0.00708. The Hall–Kier alpha value is -1.87. The normalized spacial score (nSPS) is 17.6. The Morgan fingerprint density at radius 3 is 1.91 bits per heavy atom. The molecule has 23 heavy (non-hydrogen) atoms. The van der Waals surface area contributed by atoms with Gasteiger partial charge in [-0.2, -0.15) is 0 Å². The second-order valence-electron chi connectivity index (χ2n) is 4.67. The first-order valence-corrected chi connectivity index (χ1v) is 7.45. The number of nitrogens with one attached hydrogen (secondary N) is 1. The molecule has 0 saturated heterocycles. The number of hydrogen-bond donors (Lipinski definition) is 2. The molecule has 0 saturated carbocycles. The fraction of sp³-hybridized carbons (Fsp3) is 0.533. The van der Waals surface area contributed by atoms with Gasteiger partial charge in [0.2, 0.25) is 0 Å². The Morgan fingerprint density at radius 1 is 0.826 bits per heavy atom. The number of ether oxygens (including phenoxy) is 5. The van der Waals surface area contributed by atoms with Crippen LogP contribution in [0.4, 0.5) is 0 Å². The van der Waals surface area contributed by atoms with Crippen LogP contribution in [0.25, 0.3) is 0 Å². The molecule has 128 valence electrons. The molecule has 0 aromatic heterocycles. The SMILES string of the molecule is NNC(=O)c1ccc2c(c1)OCCOCCOCCOCCO2. The first kappa shape index (κ1) is 17.5. The average molecular weight is 326 g/mol. The number of hydrazine groups is 1. The number of benzene rings is 1. The lowest BCUT2D eigenvalue weighted by atomic mass is 10.2. The summed E-state index contributed by atoms with van der Waals surface area (Å²) in [5, 5.41) is 0. The van der Waals surface area contributed by atoms with Crippen LogP contribution in [0.5, 0.6) is 11.5 Å². The quantitative estimate of drug-likeness (QED) is 0.429. The lowest BCUT2D eigenvalue weighted by Gasteiger charge is -2.14. The van der Waals surface area contributed by atoms with Gasteiger partial charge in [-0.3, -0.25) is 10.2 Å². The van der Waals surface area contributed by atoms with Crippen LogP contribution in [0.3, 0.4) is 0 Å². The molecule has 0 unspecified atom stereocenters. The van der Waals surface area contributed by atoms with E-state index in [9.17, 15) is 4.79 Å². The molecule has 2 rings (SSSR count). The monoisotopic (exact) mass is 326 g/mol. The van der Waals surface area contributed by atoms with E-state index in [-0.39, 0.29) is 0 Å². The number of nitrogen functional groups attached to an aromatic ring is 1. The van der Waals surface area contributed by atoms with Crippen molar-refractivity contribution in [2.75, 3.05) is 52.9 Å². The van der Waals surface area contributed by atoms with Crippen LogP contribution < -0.4 is 20.7 Å². The van der Waals surface area contributed by atoms with E-state index in [0.29, 0.717) is 69.9 Å². The summed E-state index contributed by atoms with van der Waals surface area (Å²) in [6, 6.07) is 4.87. The topological polar surface area (TPSA) is 101 Å². The number of rotatable bonds is 1. The molecule has 0 radical (unpaired) electrons. The molecule has 0 aliphatic carbocycles. The molecule has 0 bridgehead atoms. The van der Waals surface area contributed by atoms with Crippen LogP contribution in [0, 0.1) is 0 Å². The largest absolute Gasteiger partial charge is 0.487 e. The van der Waals surface area contributed by atoms with E-state index in [2.05, 4.69) is 5.43 Å². The van der Waals surface area contributed by atoms with Crippen LogP contribution in [-0.4, -0.2) is 58.8 Å². The van der Waals surface area contributed by atoms with Crippen molar-refractivity contribution in [3.05, 3.63) is 23.8 Å². The maximum absolute atomic E-state index is 11.6. The number of carbonyl (C=O) groups is 1. The highest BCUT2D eigenvalue weighted by molar-refractivity contribution is 5.94. The Bertz CT molecular complexity index is 497. The molecule has 8 nitrogen and oxygen atoms in total. The average Bonchev–Trinajstić information content (AvgIpc) is 2.59. The molecular weight excluding hydrogens is 304 g/mol. The second-order valence-corrected chi connectivity index (χ2v) is 4.67. The lowest BCUT2D eigenvalue weighted by Crippen LogP contribution is -2.30. The van der Waals surface area contributed by atoms with Crippen LogP contribution in [0.1, 0.15) is 10.4 Å². The smallest absolute Gasteiger partial charge is 0.265 e. The molecule has 1 aliphatic heterocycles. The molecule has 0 fully saturated rings. The van der Waals surface area contributed by atoms with E-state index in [4.69, 9.17) is 29.5 Å². The third kappa shape index (κ3) is 6.03. The highest BCUT2D eigenvalue weighted by atomic mass is 16.6. The molecule has 1 aromatic rings. The molecule has 1 aliphatic rings. The predicted octanol–water partition coefficient (Wildman–Crippen LogP) is 0.111. The molecule has 8 heteroatoms.